The van der Waals surface area contributed by atoms with Gasteiger partial charge < -0.3 is 10.6 Å². The fourth-order valence-electron chi connectivity index (χ4n) is 2.10. The molecule has 1 atom stereocenters. The number of carbonyl (C=O) groups is 2. The van der Waals surface area contributed by atoms with Crippen LogP contribution >= 0.6 is 11.8 Å². The van der Waals surface area contributed by atoms with Crippen LogP contribution in [0.3, 0.4) is 0 Å². The molecule has 0 fully saturated rings. The number of amides is 2. The summed E-state index contributed by atoms with van der Waals surface area (Å²) in [6, 6.07) is 11.5. The number of halogens is 3. The summed E-state index contributed by atoms with van der Waals surface area (Å²) in [4.78, 5) is 24.1. The van der Waals surface area contributed by atoms with Gasteiger partial charge in [0.2, 0.25) is 11.8 Å². The summed E-state index contributed by atoms with van der Waals surface area (Å²) in [5.41, 5.74) is 1.24. The molecule has 0 radical (unpaired) electrons. The van der Waals surface area contributed by atoms with Crippen LogP contribution in [0.5, 0.6) is 0 Å². The Bertz CT molecular complexity index is 790. The highest BCUT2D eigenvalue weighted by molar-refractivity contribution is 8.01. The molecule has 2 rings (SSSR count). The van der Waals surface area contributed by atoms with Crippen LogP contribution in [0.1, 0.15) is 18.1 Å². The maximum atomic E-state index is 12.5. The monoisotopic (exact) mass is 396 g/mol. The number of hydrogen-bond donors (Lipinski definition) is 2. The highest BCUT2D eigenvalue weighted by atomic mass is 32.2. The molecule has 8 heteroatoms. The fourth-order valence-corrected chi connectivity index (χ4v) is 2.78. The smallest absolute Gasteiger partial charge is 0.325 e. The van der Waals surface area contributed by atoms with E-state index in [1.807, 2.05) is 19.1 Å². The highest BCUT2D eigenvalue weighted by Crippen LogP contribution is 2.30. The van der Waals surface area contributed by atoms with Crippen LogP contribution in [0.15, 0.2) is 48.5 Å². The first-order chi connectivity index (χ1) is 12.6. The maximum Gasteiger partial charge on any atom is 0.416 e. The molecule has 2 aromatic rings. The number of rotatable bonds is 6. The first kappa shape index (κ1) is 20.8. The van der Waals surface area contributed by atoms with E-state index >= 15 is 0 Å². The predicted octanol–water partition coefficient (Wildman–Crippen LogP) is 4.71. The van der Waals surface area contributed by atoms with Gasteiger partial charge >= 0.3 is 6.18 Å². The molecular formula is C19H19F3N2O2S. The minimum absolute atomic E-state index is 0.0788. The molecular weight excluding hydrogens is 377 g/mol. The summed E-state index contributed by atoms with van der Waals surface area (Å²) in [6.07, 6.45) is -4.42. The van der Waals surface area contributed by atoms with Gasteiger partial charge in [-0.3, -0.25) is 9.59 Å². The Morgan fingerprint density at radius 1 is 0.963 bits per heavy atom. The van der Waals surface area contributed by atoms with E-state index in [2.05, 4.69) is 10.6 Å². The van der Waals surface area contributed by atoms with Crippen molar-refractivity contribution in [2.24, 2.45) is 0 Å². The van der Waals surface area contributed by atoms with Gasteiger partial charge in [-0.25, -0.2) is 0 Å². The van der Waals surface area contributed by atoms with E-state index in [9.17, 15) is 22.8 Å². The van der Waals surface area contributed by atoms with E-state index in [4.69, 9.17) is 0 Å². The molecule has 0 saturated carbocycles. The lowest BCUT2D eigenvalue weighted by Gasteiger charge is -2.13. The van der Waals surface area contributed by atoms with Crippen LogP contribution < -0.4 is 10.6 Å². The number of aryl methyl sites for hydroxylation is 1. The molecule has 0 unspecified atom stereocenters. The van der Waals surface area contributed by atoms with Crippen molar-refractivity contribution in [2.45, 2.75) is 25.3 Å². The Kier molecular flexibility index (Phi) is 6.90. The van der Waals surface area contributed by atoms with Crippen LogP contribution in [0.25, 0.3) is 0 Å². The maximum absolute atomic E-state index is 12.5. The third-order valence-corrected chi connectivity index (χ3v) is 4.79. The lowest BCUT2D eigenvalue weighted by Crippen LogP contribution is -2.25. The summed E-state index contributed by atoms with van der Waals surface area (Å²) >= 11 is 1.14. The van der Waals surface area contributed by atoms with Crippen LogP contribution in [-0.2, 0) is 15.8 Å². The Balaban J connectivity index is 1.81. The number of anilines is 2. The van der Waals surface area contributed by atoms with Crippen LogP contribution in [0.4, 0.5) is 24.5 Å². The Labute approximate surface area is 159 Å². The molecule has 2 aromatic carbocycles. The van der Waals surface area contributed by atoms with Crippen molar-refractivity contribution in [3.8, 4) is 0 Å². The molecule has 0 saturated heterocycles. The molecule has 0 bridgehead atoms. The summed E-state index contributed by atoms with van der Waals surface area (Å²) < 4.78 is 37.6. The quantitative estimate of drug-likeness (QED) is 0.743. The topological polar surface area (TPSA) is 58.2 Å². The molecule has 0 heterocycles. The van der Waals surface area contributed by atoms with Gasteiger partial charge in [-0.15, -0.1) is 11.8 Å². The van der Waals surface area contributed by atoms with Gasteiger partial charge in [0.25, 0.3) is 0 Å². The zero-order valence-electron chi connectivity index (χ0n) is 14.8. The summed E-state index contributed by atoms with van der Waals surface area (Å²) in [7, 11) is 0. The first-order valence-corrected chi connectivity index (χ1v) is 9.16. The van der Waals surface area contributed by atoms with Crippen molar-refractivity contribution in [3.63, 3.8) is 0 Å². The van der Waals surface area contributed by atoms with Crippen molar-refractivity contribution in [1.82, 2.24) is 0 Å². The normalized spacial score (nSPS) is 12.3. The van der Waals surface area contributed by atoms with Gasteiger partial charge in [0.05, 0.1) is 16.6 Å². The number of nitrogens with one attached hydrogen (secondary N) is 2. The van der Waals surface area contributed by atoms with Gasteiger partial charge in [-0.2, -0.15) is 13.2 Å². The average Bonchev–Trinajstić information content (AvgIpc) is 2.61. The third-order valence-electron chi connectivity index (χ3n) is 3.65. The number of benzene rings is 2. The van der Waals surface area contributed by atoms with Gasteiger partial charge in [0.1, 0.15) is 0 Å². The molecule has 2 amide bonds. The van der Waals surface area contributed by atoms with Gasteiger partial charge in [0.15, 0.2) is 0 Å². The van der Waals surface area contributed by atoms with E-state index in [1.165, 1.54) is 12.1 Å². The first-order valence-electron chi connectivity index (χ1n) is 8.11. The van der Waals surface area contributed by atoms with E-state index in [-0.39, 0.29) is 23.3 Å². The van der Waals surface area contributed by atoms with Crippen molar-refractivity contribution < 1.29 is 22.8 Å². The van der Waals surface area contributed by atoms with Crippen molar-refractivity contribution in [2.75, 3.05) is 16.4 Å². The van der Waals surface area contributed by atoms with Crippen LogP contribution in [0.2, 0.25) is 0 Å². The molecule has 0 spiro atoms. The molecule has 27 heavy (non-hydrogen) atoms. The summed E-state index contributed by atoms with van der Waals surface area (Å²) in [5.74, 6) is -0.545. The SMILES string of the molecule is Cc1ccc(NC(=O)CS[C@H](C)C(=O)Nc2ccc(C(F)(F)F)cc2)cc1. The second-order valence-corrected chi connectivity index (χ2v) is 7.26. The van der Waals surface area contributed by atoms with E-state index < -0.39 is 17.0 Å². The molecule has 2 N–H and O–H groups in total. The Morgan fingerprint density at radius 3 is 2.04 bits per heavy atom. The summed E-state index contributed by atoms with van der Waals surface area (Å²) in [5, 5.41) is 4.73. The van der Waals surface area contributed by atoms with Crippen LogP contribution in [0, 0.1) is 6.92 Å². The standard InChI is InChI=1S/C19H19F3N2O2S/c1-12-3-7-15(8-4-12)23-17(25)11-27-13(2)18(26)24-16-9-5-14(6-10-16)19(20,21)22/h3-10,13H,11H2,1-2H3,(H,23,25)(H,24,26)/t13-/m1/s1. The van der Waals surface area contributed by atoms with Gasteiger partial charge in [-0.1, -0.05) is 17.7 Å². The van der Waals surface area contributed by atoms with E-state index in [0.29, 0.717) is 5.69 Å². The minimum Gasteiger partial charge on any atom is -0.325 e. The predicted molar refractivity (Wildman–Crippen MR) is 102 cm³/mol. The lowest BCUT2D eigenvalue weighted by molar-refractivity contribution is -0.137. The Morgan fingerprint density at radius 2 is 1.48 bits per heavy atom. The largest absolute Gasteiger partial charge is 0.416 e. The van der Waals surface area contributed by atoms with Crippen LogP contribution in [-0.4, -0.2) is 22.8 Å². The molecule has 0 aromatic heterocycles. The molecule has 0 aliphatic rings. The van der Waals surface area contributed by atoms with Crippen molar-refractivity contribution in [1.29, 1.82) is 0 Å². The molecule has 0 aliphatic carbocycles. The van der Waals surface area contributed by atoms with E-state index in [0.717, 1.165) is 29.5 Å². The second kappa shape index (κ2) is 8.94. The van der Waals surface area contributed by atoms with Crippen molar-refractivity contribution in [3.05, 3.63) is 59.7 Å². The van der Waals surface area contributed by atoms with Gasteiger partial charge in [-0.05, 0) is 50.2 Å². The molecule has 144 valence electrons. The fraction of sp³-hybridized carbons (Fsp3) is 0.263. The highest BCUT2D eigenvalue weighted by Gasteiger charge is 2.30. The lowest BCUT2D eigenvalue weighted by atomic mass is 10.2. The molecule has 0 aliphatic heterocycles. The zero-order valence-corrected chi connectivity index (χ0v) is 15.6. The second-order valence-electron chi connectivity index (χ2n) is 5.93. The number of hydrogen-bond acceptors (Lipinski definition) is 3. The number of alkyl halides is 3. The van der Waals surface area contributed by atoms with Crippen molar-refractivity contribution >= 4 is 35.0 Å². The Hall–Kier alpha value is -2.48. The van der Waals surface area contributed by atoms with E-state index in [1.54, 1.807) is 19.1 Å². The van der Waals surface area contributed by atoms with Gasteiger partial charge in [0, 0.05) is 11.4 Å². The summed E-state index contributed by atoms with van der Waals surface area (Å²) in [6.45, 7) is 3.57. The molecule has 4 nitrogen and oxygen atoms in total. The zero-order chi connectivity index (χ0) is 20.0. The average molecular weight is 396 g/mol. The minimum atomic E-state index is -4.42. The third kappa shape index (κ3) is 6.63. The number of thioether (sulfide) groups is 1. The number of carbonyl (C=O) groups excluding carboxylic acids is 2.